The quantitative estimate of drug-likeness (QED) is 0.613. The van der Waals surface area contributed by atoms with Gasteiger partial charge >= 0.3 is 6.09 Å². The molecule has 1 atom stereocenters. The van der Waals surface area contributed by atoms with E-state index in [2.05, 4.69) is 29.5 Å². The molecule has 1 aromatic carbocycles. The summed E-state index contributed by atoms with van der Waals surface area (Å²) in [5.41, 5.74) is 7.89. The zero-order valence-electron chi connectivity index (χ0n) is 18.4. The highest BCUT2D eigenvalue weighted by Gasteiger charge is 2.41. The number of ether oxygens (including phenoxy) is 1. The number of rotatable bonds is 2. The number of alkyl carbamates (subject to hydrolysis) is 1. The number of nitrogens with one attached hydrogen (secondary N) is 1. The lowest BCUT2D eigenvalue weighted by Gasteiger charge is -2.23. The van der Waals surface area contributed by atoms with E-state index in [9.17, 15) is 4.79 Å². The molecule has 6 heteroatoms. The van der Waals surface area contributed by atoms with Gasteiger partial charge < -0.3 is 15.8 Å². The van der Waals surface area contributed by atoms with Crippen LogP contribution in [0.3, 0.4) is 0 Å². The minimum atomic E-state index is -0.474. The Balaban J connectivity index is 0.000000204. The van der Waals surface area contributed by atoms with Gasteiger partial charge in [-0.1, -0.05) is 49.6 Å². The van der Waals surface area contributed by atoms with E-state index in [0.29, 0.717) is 17.3 Å². The molecule has 2 aromatic rings. The predicted octanol–water partition coefficient (Wildman–Crippen LogP) is 5.63. The largest absolute Gasteiger partial charge is 0.441 e. The van der Waals surface area contributed by atoms with Crippen LogP contribution >= 0.6 is 0 Å². The second-order valence-electron chi connectivity index (χ2n) is 8.13. The Kier molecular flexibility index (Phi) is 8.63. The molecule has 6 nitrogen and oxygen atoms in total. The Morgan fingerprint density at radius 1 is 1.16 bits per heavy atom. The van der Waals surface area contributed by atoms with Crippen LogP contribution in [0.2, 0.25) is 0 Å². The summed E-state index contributed by atoms with van der Waals surface area (Å²) in [6.45, 7) is 9.81. The lowest BCUT2D eigenvalue weighted by Crippen LogP contribution is -2.29. The van der Waals surface area contributed by atoms with E-state index >= 15 is 0 Å². The second-order valence-corrected chi connectivity index (χ2v) is 8.13. The minimum absolute atomic E-state index is 0.0591. The molecule has 4 rings (SSSR count). The van der Waals surface area contributed by atoms with Crippen LogP contribution in [-0.4, -0.2) is 16.7 Å². The third-order valence-electron chi connectivity index (χ3n) is 5.58. The molecule has 164 valence electrons. The molecule has 1 aromatic heterocycles. The van der Waals surface area contributed by atoms with E-state index in [0.717, 1.165) is 5.56 Å². The van der Waals surface area contributed by atoms with Gasteiger partial charge in [0.2, 0.25) is 0 Å². The lowest BCUT2D eigenvalue weighted by molar-refractivity contribution is 0.0684. The number of cyclic esters (lactones) is 1. The number of anilines is 1. The Morgan fingerprint density at radius 2 is 1.81 bits per heavy atom. The molecule has 0 spiro atoms. The molecule has 2 aliphatic rings. The van der Waals surface area contributed by atoms with Crippen LogP contribution in [0, 0.1) is 11.3 Å². The van der Waals surface area contributed by atoms with E-state index in [-0.39, 0.29) is 12.1 Å². The molecule has 3 N–H and O–H groups in total. The summed E-state index contributed by atoms with van der Waals surface area (Å²) in [4.78, 5) is 15.2. The molecule has 1 amide bonds. The highest BCUT2D eigenvalue weighted by molar-refractivity contribution is 5.71. The third-order valence-corrected chi connectivity index (χ3v) is 5.58. The zero-order chi connectivity index (χ0) is 22.9. The number of hydrogen-bond donors (Lipinski definition) is 2. The van der Waals surface area contributed by atoms with Gasteiger partial charge in [0, 0.05) is 6.20 Å². The van der Waals surface area contributed by atoms with Gasteiger partial charge in [-0.3, -0.25) is 0 Å². The Morgan fingerprint density at radius 3 is 2.35 bits per heavy atom. The number of nitrogens with two attached hydrogens (primary N) is 1. The molecule has 1 saturated carbocycles. The first-order chi connectivity index (χ1) is 14.9. The molecular formula is C25H32N4O2. The first-order valence-corrected chi connectivity index (χ1v) is 10.6. The van der Waals surface area contributed by atoms with E-state index < -0.39 is 5.60 Å². The number of hydrogen-bond acceptors (Lipinski definition) is 5. The molecule has 2 fully saturated rings. The van der Waals surface area contributed by atoms with Gasteiger partial charge in [0.15, 0.2) is 0 Å². The van der Waals surface area contributed by atoms with Crippen LogP contribution in [0.1, 0.15) is 74.6 Å². The Bertz CT molecular complexity index is 899. The molecule has 2 heterocycles. The SMILES string of the molecule is C=C.CC1(C)OC(=O)N[C@H]1c1ccccc1.N#Cc1cc(C2CCCCC2)cnc1N. The summed E-state index contributed by atoms with van der Waals surface area (Å²) in [5, 5.41) is 11.7. The molecular weight excluding hydrogens is 388 g/mol. The van der Waals surface area contributed by atoms with Gasteiger partial charge in [-0.2, -0.15) is 5.26 Å². The van der Waals surface area contributed by atoms with E-state index in [1.54, 1.807) is 0 Å². The van der Waals surface area contributed by atoms with Crippen molar-refractivity contribution in [3.05, 3.63) is 72.4 Å². The number of nitrogen functional groups attached to an aromatic ring is 1. The fourth-order valence-corrected chi connectivity index (χ4v) is 3.99. The summed E-state index contributed by atoms with van der Waals surface area (Å²) >= 11 is 0. The summed E-state index contributed by atoms with van der Waals surface area (Å²) in [5.74, 6) is 0.927. The highest BCUT2D eigenvalue weighted by Crippen LogP contribution is 2.34. The first-order valence-electron chi connectivity index (χ1n) is 10.6. The molecule has 0 bridgehead atoms. The first kappa shape index (κ1) is 23.9. The zero-order valence-corrected chi connectivity index (χ0v) is 18.4. The van der Waals surface area contributed by atoms with Crippen molar-refractivity contribution in [1.82, 2.24) is 10.3 Å². The van der Waals surface area contributed by atoms with Crippen LogP contribution in [-0.2, 0) is 4.74 Å². The number of aromatic nitrogens is 1. The van der Waals surface area contributed by atoms with Gasteiger partial charge in [-0.25, -0.2) is 9.78 Å². The van der Waals surface area contributed by atoms with E-state index in [1.165, 1.54) is 37.7 Å². The van der Waals surface area contributed by atoms with Crippen LogP contribution in [0.15, 0.2) is 55.8 Å². The number of nitriles is 1. The smallest absolute Gasteiger partial charge is 0.408 e. The number of amides is 1. The maximum Gasteiger partial charge on any atom is 0.408 e. The topological polar surface area (TPSA) is 101 Å². The fourth-order valence-electron chi connectivity index (χ4n) is 3.99. The van der Waals surface area contributed by atoms with Gasteiger partial charge in [0.25, 0.3) is 0 Å². The van der Waals surface area contributed by atoms with Crippen molar-refractivity contribution in [3.63, 3.8) is 0 Å². The number of pyridine rings is 1. The van der Waals surface area contributed by atoms with Crippen molar-refractivity contribution in [1.29, 1.82) is 5.26 Å². The van der Waals surface area contributed by atoms with Crippen molar-refractivity contribution in [3.8, 4) is 6.07 Å². The molecule has 1 saturated heterocycles. The van der Waals surface area contributed by atoms with Crippen LogP contribution in [0.25, 0.3) is 0 Å². The standard InChI is InChI=1S/C12H15N3.C11H13NO2.C2H4/c13-7-10-6-11(8-15-12(10)14)9-4-2-1-3-5-9;1-11(2)9(12-10(13)14-11)8-6-4-3-5-7-8;1-2/h6,8-9H,1-5H2,(H2,14,15);3-7,9H,1-2H3,(H,12,13);1-2H2/t;9-;/m.0./s1. The monoisotopic (exact) mass is 420 g/mol. The van der Waals surface area contributed by atoms with Crippen molar-refractivity contribution in [2.45, 2.75) is 63.5 Å². The minimum Gasteiger partial charge on any atom is -0.441 e. The Labute approximate surface area is 185 Å². The second kappa shape index (κ2) is 11.2. The summed E-state index contributed by atoms with van der Waals surface area (Å²) in [6.07, 6.45) is 7.83. The average molecular weight is 421 g/mol. The molecule has 0 radical (unpaired) electrons. The number of carbonyl (C=O) groups is 1. The Hall–Kier alpha value is -3.33. The maximum absolute atomic E-state index is 11.1. The summed E-state index contributed by atoms with van der Waals surface area (Å²) in [7, 11) is 0. The van der Waals surface area contributed by atoms with Crippen molar-refractivity contribution >= 4 is 11.9 Å². The number of carbonyl (C=O) groups excluding carboxylic acids is 1. The number of nitrogens with zero attached hydrogens (tertiary/aromatic N) is 2. The summed E-state index contributed by atoms with van der Waals surface area (Å²) in [6, 6.07) is 13.8. The van der Waals surface area contributed by atoms with Crippen molar-refractivity contribution in [2.24, 2.45) is 0 Å². The highest BCUT2D eigenvalue weighted by atomic mass is 16.6. The van der Waals surface area contributed by atoms with Gasteiger partial charge in [-0.15, -0.1) is 13.2 Å². The number of benzene rings is 1. The molecule has 1 aliphatic carbocycles. The summed E-state index contributed by atoms with van der Waals surface area (Å²) < 4.78 is 5.17. The van der Waals surface area contributed by atoms with Crippen LogP contribution in [0.5, 0.6) is 0 Å². The average Bonchev–Trinajstić information content (AvgIpc) is 3.09. The molecule has 0 unspecified atom stereocenters. The maximum atomic E-state index is 11.1. The van der Waals surface area contributed by atoms with Crippen LogP contribution < -0.4 is 11.1 Å². The fraction of sp³-hybridized carbons (Fsp3) is 0.400. The predicted molar refractivity (Wildman–Crippen MR) is 123 cm³/mol. The van der Waals surface area contributed by atoms with E-state index in [1.807, 2.05) is 56.4 Å². The normalized spacial score (nSPS) is 19.4. The van der Waals surface area contributed by atoms with Gasteiger partial charge in [0.1, 0.15) is 17.5 Å². The third kappa shape index (κ3) is 6.32. The molecule has 31 heavy (non-hydrogen) atoms. The molecule has 1 aliphatic heterocycles. The van der Waals surface area contributed by atoms with E-state index in [4.69, 9.17) is 15.7 Å². The van der Waals surface area contributed by atoms with Crippen LogP contribution in [0.4, 0.5) is 10.6 Å². The van der Waals surface area contributed by atoms with Gasteiger partial charge in [0.05, 0.1) is 11.6 Å². The van der Waals surface area contributed by atoms with Crippen molar-refractivity contribution in [2.75, 3.05) is 5.73 Å². The van der Waals surface area contributed by atoms with Crippen molar-refractivity contribution < 1.29 is 9.53 Å². The lowest BCUT2D eigenvalue weighted by atomic mass is 9.84. The van der Waals surface area contributed by atoms with Gasteiger partial charge in [-0.05, 0) is 49.8 Å².